The SMILES string of the molecule is C1COCCN1.Cc1ccc(-c2cc(C(N)=O)c3cc[nH]c3c2)cc1. The lowest BCUT2D eigenvalue weighted by Crippen LogP contribution is -2.30. The first kappa shape index (κ1) is 17.2. The van der Waals surface area contributed by atoms with E-state index in [9.17, 15) is 4.79 Å². The largest absolute Gasteiger partial charge is 0.379 e. The van der Waals surface area contributed by atoms with Gasteiger partial charge >= 0.3 is 0 Å². The minimum atomic E-state index is -0.404. The summed E-state index contributed by atoms with van der Waals surface area (Å²) in [7, 11) is 0. The molecule has 0 saturated carbocycles. The van der Waals surface area contributed by atoms with Gasteiger partial charge in [0.05, 0.1) is 13.2 Å². The van der Waals surface area contributed by atoms with Gasteiger partial charge in [0, 0.05) is 35.8 Å². The van der Waals surface area contributed by atoms with Crippen LogP contribution in [-0.2, 0) is 4.74 Å². The molecule has 0 spiro atoms. The van der Waals surface area contributed by atoms with Gasteiger partial charge in [0.25, 0.3) is 0 Å². The molecule has 130 valence electrons. The van der Waals surface area contributed by atoms with E-state index in [1.54, 1.807) is 0 Å². The molecule has 1 saturated heterocycles. The summed E-state index contributed by atoms with van der Waals surface area (Å²) in [6.45, 7) is 5.88. The number of fused-ring (bicyclic) bond motifs is 1. The lowest BCUT2D eigenvalue weighted by molar-refractivity contribution is 0.100. The second kappa shape index (κ2) is 7.96. The van der Waals surface area contributed by atoms with Crippen LogP contribution in [0.1, 0.15) is 15.9 Å². The lowest BCUT2D eigenvalue weighted by atomic mass is 9.99. The van der Waals surface area contributed by atoms with E-state index in [-0.39, 0.29) is 0 Å². The van der Waals surface area contributed by atoms with Crippen molar-refractivity contribution >= 4 is 16.8 Å². The molecule has 5 nitrogen and oxygen atoms in total. The smallest absolute Gasteiger partial charge is 0.249 e. The van der Waals surface area contributed by atoms with Crippen LogP contribution < -0.4 is 11.1 Å². The van der Waals surface area contributed by atoms with Gasteiger partial charge in [-0.05, 0) is 36.2 Å². The Morgan fingerprint density at radius 2 is 1.76 bits per heavy atom. The number of morpholine rings is 1. The predicted molar refractivity (Wildman–Crippen MR) is 101 cm³/mol. The quantitative estimate of drug-likeness (QED) is 0.673. The van der Waals surface area contributed by atoms with Crippen molar-refractivity contribution in [3.05, 3.63) is 59.8 Å². The third kappa shape index (κ3) is 4.26. The van der Waals surface area contributed by atoms with Gasteiger partial charge in [-0.3, -0.25) is 4.79 Å². The highest BCUT2D eigenvalue weighted by atomic mass is 16.5. The number of nitrogens with one attached hydrogen (secondary N) is 2. The Bertz CT molecular complexity index is 837. The van der Waals surface area contributed by atoms with Crippen LogP contribution in [-0.4, -0.2) is 37.2 Å². The molecule has 1 aliphatic heterocycles. The maximum Gasteiger partial charge on any atom is 0.249 e. The fourth-order valence-corrected chi connectivity index (χ4v) is 2.80. The Morgan fingerprint density at radius 3 is 2.32 bits per heavy atom. The van der Waals surface area contributed by atoms with Crippen LogP contribution in [0.5, 0.6) is 0 Å². The van der Waals surface area contributed by atoms with Crippen molar-refractivity contribution in [1.82, 2.24) is 10.3 Å². The number of aromatic nitrogens is 1. The summed E-state index contributed by atoms with van der Waals surface area (Å²) in [6.07, 6.45) is 1.82. The standard InChI is InChI=1S/C16H14N2O.C4H9NO/c1-10-2-4-11(5-3-10)12-8-14(16(17)19)13-6-7-18-15(13)9-12;1-3-6-4-2-5-1/h2-9,18H,1H3,(H2,17,19);5H,1-4H2. The average Bonchev–Trinajstić information content (AvgIpc) is 3.12. The van der Waals surface area contributed by atoms with Gasteiger partial charge in [-0.2, -0.15) is 0 Å². The van der Waals surface area contributed by atoms with Crippen molar-refractivity contribution in [2.24, 2.45) is 5.73 Å². The van der Waals surface area contributed by atoms with Gasteiger partial charge < -0.3 is 20.8 Å². The fraction of sp³-hybridized carbons (Fsp3) is 0.250. The number of carbonyl (C=O) groups excluding carboxylic acids is 1. The first-order chi connectivity index (χ1) is 12.1. The second-order valence-corrected chi connectivity index (χ2v) is 6.06. The van der Waals surface area contributed by atoms with E-state index in [4.69, 9.17) is 10.5 Å². The predicted octanol–water partition coefficient (Wildman–Crippen LogP) is 2.85. The molecule has 5 heteroatoms. The number of primary amides is 1. The number of nitrogens with two attached hydrogens (primary N) is 1. The number of rotatable bonds is 2. The van der Waals surface area contributed by atoms with Gasteiger partial charge in [0.1, 0.15) is 0 Å². The van der Waals surface area contributed by atoms with Crippen LogP contribution in [0.15, 0.2) is 48.7 Å². The molecule has 4 rings (SSSR count). The Kier molecular flexibility index (Phi) is 5.48. The Labute approximate surface area is 147 Å². The average molecular weight is 337 g/mol. The Balaban J connectivity index is 0.000000258. The van der Waals surface area contributed by atoms with Crippen molar-refractivity contribution in [2.45, 2.75) is 6.92 Å². The number of hydrogen-bond donors (Lipinski definition) is 3. The number of ether oxygens (including phenoxy) is 1. The fourth-order valence-electron chi connectivity index (χ4n) is 2.80. The molecule has 0 radical (unpaired) electrons. The first-order valence-electron chi connectivity index (χ1n) is 8.41. The number of aromatic amines is 1. The minimum Gasteiger partial charge on any atom is -0.379 e. The maximum absolute atomic E-state index is 11.6. The zero-order valence-corrected chi connectivity index (χ0v) is 14.3. The molecule has 0 unspecified atom stereocenters. The number of benzene rings is 2. The zero-order valence-electron chi connectivity index (χ0n) is 14.3. The summed E-state index contributed by atoms with van der Waals surface area (Å²) in [6, 6.07) is 14.0. The van der Waals surface area contributed by atoms with E-state index in [1.807, 2.05) is 43.5 Å². The van der Waals surface area contributed by atoms with Gasteiger partial charge in [-0.1, -0.05) is 29.8 Å². The highest BCUT2D eigenvalue weighted by Gasteiger charge is 2.10. The van der Waals surface area contributed by atoms with Crippen molar-refractivity contribution < 1.29 is 9.53 Å². The number of carbonyl (C=O) groups is 1. The normalized spacial score (nSPS) is 14.0. The van der Waals surface area contributed by atoms with Gasteiger partial charge in [0.15, 0.2) is 0 Å². The summed E-state index contributed by atoms with van der Waals surface area (Å²) in [5, 5.41) is 4.02. The summed E-state index contributed by atoms with van der Waals surface area (Å²) in [4.78, 5) is 14.7. The summed E-state index contributed by atoms with van der Waals surface area (Å²) < 4.78 is 5.01. The monoisotopic (exact) mass is 337 g/mol. The molecule has 1 amide bonds. The number of aryl methyl sites for hydroxylation is 1. The molecule has 1 fully saturated rings. The molecule has 2 aromatic carbocycles. The van der Waals surface area contributed by atoms with E-state index >= 15 is 0 Å². The summed E-state index contributed by atoms with van der Waals surface area (Å²) in [5.74, 6) is -0.404. The molecule has 1 aliphatic rings. The Hall–Kier alpha value is -2.63. The molecule has 3 aromatic rings. The van der Waals surface area contributed by atoms with Crippen LogP contribution in [0.2, 0.25) is 0 Å². The molecule has 0 aliphatic carbocycles. The van der Waals surface area contributed by atoms with Crippen molar-refractivity contribution in [1.29, 1.82) is 0 Å². The molecule has 4 N–H and O–H groups in total. The lowest BCUT2D eigenvalue weighted by Gasteiger charge is -2.10. The minimum absolute atomic E-state index is 0.404. The number of amides is 1. The molecule has 1 aromatic heterocycles. The van der Waals surface area contributed by atoms with E-state index in [0.717, 1.165) is 48.3 Å². The first-order valence-corrected chi connectivity index (χ1v) is 8.41. The maximum atomic E-state index is 11.6. The number of hydrogen-bond acceptors (Lipinski definition) is 3. The topological polar surface area (TPSA) is 80.1 Å². The van der Waals surface area contributed by atoms with Crippen LogP contribution in [0.3, 0.4) is 0 Å². The van der Waals surface area contributed by atoms with Gasteiger partial charge in [0.2, 0.25) is 5.91 Å². The molecule has 0 atom stereocenters. The van der Waals surface area contributed by atoms with E-state index in [1.165, 1.54) is 5.56 Å². The molecule has 0 bridgehead atoms. The van der Waals surface area contributed by atoms with Crippen LogP contribution in [0, 0.1) is 6.92 Å². The van der Waals surface area contributed by atoms with Crippen molar-refractivity contribution in [2.75, 3.05) is 26.3 Å². The highest BCUT2D eigenvalue weighted by molar-refractivity contribution is 6.07. The van der Waals surface area contributed by atoms with E-state index in [2.05, 4.69) is 22.4 Å². The summed E-state index contributed by atoms with van der Waals surface area (Å²) in [5.41, 5.74) is 10.2. The van der Waals surface area contributed by atoms with Crippen LogP contribution in [0.25, 0.3) is 22.0 Å². The Morgan fingerprint density at radius 1 is 1.04 bits per heavy atom. The highest BCUT2D eigenvalue weighted by Crippen LogP contribution is 2.27. The van der Waals surface area contributed by atoms with Crippen molar-refractivity contribution in [3.63, 3.8) is 0 Å². The second-order valence-electron chi connectivity index (χ2n) is 6.06. The van der Waals surface area contributed by atoms with E-state index < -0.39 is 5.91 Å². The van der Waals surface area contributed by atoms with E-state index in [0.29, 0.717) is 5.56 Å². The van der Waals surface area contributed by atoms with Crippen LogP contribution in [0.4, 0.5) is 0 Å². The summed E-state index contributed by atoms with van der Waals surface area (Å²) >= 11 is 0. The molecular formula is C20H23N3O2. The number of H-pyrrole nitrogens is 1. The van der Waals surface area contributed by atoms with Gasteiger partial charge in [-0.15, -0.1) is 0 Å². The molecule has 2 heterocycles. The third-order valence-corrected chi connectivity index (χ3v) is 4.17. The molecule has 25 heavy (non-hydrogen) atoms. The van der Waals surface area contributed by atoms with Crippen molar-refractivity contribution in [3.8, 4) is 11.1 Å². The molecular weight excluding hydrogens is 314 g/mol. The van der Waals surface area contributed by atoms with Crippen LogP contribution >= 0.6 is 0 Å². The zero-order chi connectivity index (χ0) is 17.6. The third-order valence-electron chi connectivity index (χ3n) is 4.17. The van der Waals surface area contributed by atoms with Gasteiger partial charge in [-0.25, -0.2) is 0 Å².